The number of ether oxygens (including phenoxy) is 1. The molecule has 8 heteroatoms. The number of benzene rings is 1. The minimum atomic E-state index is 0.307. The maximum atomic E-state index is 6.43. The Bertz CT molecular complexity index is 853. The van der Waals surface area contributed by atoms with Gasteiger partial charge in [-0.3, -0.25) is 0 Å². The fourth-order valence-corrected chi connectivity index (χ4v) is 3.63. The number of nitrogens with two attached hydrogens (primary N) is 1. The lowest BCUT2D eigenvalue weighted by Crippen LogP contribution is -2.42. The molecular weight excluding hydrogens is 376 g/mol. The van der Waals surface area contributed by atoms with Crippen molar-refractivity contribution in [1.82, 2.24) is 20.1 Å². The summed E-state index contributed by atoms with van der Waals surface area (Å²) in [5.74, 6) is 1.18. The van der Waals surface area contributed by atoms with Crippen molar-refractivity contribution in [3.8, 4) is 17.0 Å². The van der Waals surface area contributed by atoms with Gasteiger partial charge in [-0.15, -0.1) is 10.2 Å². The van der Waals surface area contributed by atoms with Crippen molar-refractivity contribution >= 4 is 23.6 Å². The molecular formula is C20H27ClN6O. The molecule has 1 aliphatic heterocycles. The average molecular weight is 403 g/mol. The zero-order valence-corrected chi connectivity index (χ0v) is 17.3. The number of rotatable bonds is 6. The fraction of sp³-hybridized carbons (Fsp3) is 0.450. The van der Waals surface area contributed by atoms with E-state index in [0.29, 0.717) is 39.8 Å². The van der Waals surface area contributed by atoms with Crippen LogP contribution in [0, 0.1) is 0 Å². The van der Waals surface area contributed by atoms with E-state index in [4.69, 9.17) is 22.1 Å². The number of nitrogens with one attached hydrogen (secondary N) is 1. The molecule has 7 nitrogen and oxygen atoms in total. The van der Waals surface area contributed by atoms with E-state index in [9.17, 15) is 0 Å². The van der Waals surface area contributed by atoms with Crippen molar-refractivity contribution in [1.29, 1.82) is 0 Å². The Morgan fingerprint density at radius 2 is 2.25 bits per heavy atom. The largest absolute Gasteiger partial charge is 0.497 e. The topological polar surface area (TPSA) is 89.2 Å². The maximum absolute atomic E-state index is 6.43. The van der Waals surface area contributed by atoms with E-state index >= 15 is 0 Å². The highest BCUT2D eigenvalue weighted by Crippen LogP contribution is 2.32. The Labute approximate surface area is 171 Å². The van der Waals surface area contributed by atoms with Crippen LogP contribution in [0.4, 0.5) is 5.95 Å². The number of likely N-dealkylation sites (tertiary alicyclic amines) is 1. The van der Waals surface area contributed by atoms with E-state index in [-0.39, 0.29) is 0 Å². The van der Waals surface area contributed by atoms with Gasteiger partial charge >= 0.3 is 0 Å². The molecule has 1 fully saturated rings. The van der Waals surface area contributed by atoms with Gasteiger partial charge in [-0.05, 0) is 57.1 Å². The fourth-order valence-electron chi connectivity index (χ4n) is 3.37. The summed E-state index contributed by atoms with van der Waals surface area (Å²) in [7, 11) is 1.60. The number of methoxy groups -OCH3 is 1. The van der Waals surface area contributed by atoms with E-state index in [1.54, 1.807) is 19.3 Å². The van der Waals surface area contributed by atoms with Crippen LogP contribution in [-0.4, -0.2) is 52.9 Å². The van der Waals surface area contributed by atoms with Gasteiger partial charge in [0, 0.05) is 23.8 Å². The second-order valence-electron chi connectivity index (χ2n) is 6.98. The Kier molecular flexibility index (Phi) is 6.70. The van der Waals surface area contributed by atoms with Crippen molar-refractivity contribution in [2.45, 2.75) is 32.7 Å². The maximum Gasteiger partial charge on any atom is 0.243 e. The molecule has 0 bridgehead atoms. The Morgan fingerprint density at radius 3 is 2.93 bits per heavy atom. The smallest absolute Gasteiger partial charge is 0.243 e. The molecule has 0 spiro atoms. The molecule has 150 valence electrons. The van der Waals surface area contributed by atoms with E-state index in [1.165, 1.54) is 0 Å². The number of likely N-dealkylation sites (N-methyl/N-ethyl adjacent to an activating group) is 1. The first-order valence-corrected chi connectivity index (χ1v) is 9.89. The van der Waals surface area contributed by atoms with Gasteiger partial charge < -0.3 is 20.7 Å². The number of piperidine rings is 1. The van der Waals surface area contributed by atoms with E-state index in [1.807, 2.05) is 19.1 Å². The monoisotopic (exact) mass is 402 g/mol. The molecule has 1 atom stereocenters. The molecule has 0 saturated carbocycles. The number of halogens is 1. The van der Waals surface area contributed by atoms with Gasteiger partial charge in [0.2, 0.25) is 5.95 Å². The van der Waals surface area contributed by atoms with Crippen LogP contribution in [0.5, 0.6) is 5.75 Å². The third-order valence-electron chi connectivity index (χ3n) is 4.80. The van der Waals surface area contributed by atoms with Crippen LogP contribution in [-0.2, 0) is 0 Å². The predicted molar refractivity (Wildman–Crippen MR) is 113 cm³/mol. The molecule has 3 rings (SSSR count). The van der Waals surface area contributed by atoms with Crippen molar-refractivity contribution < 1.29 is 4.74 Å². The summed E-state index contributed by atoms with van der Waals surface area (Å²) >= 11 is 6.43. The minimum absolute atomic E-state index is 0.307. The van der Waals surface area contributed by atoms with Gasteiger partial charge in [0.1, 0.15) is 11.4 Å². The molecule has 2 heterocycles. The molecule has 3 N–H and O–H groups in total. The molecule has 1 aromatic carbocycles. The van der Waals surface area contributed by atoms with Crippen LogP contribution >= 0.6 is 11.6 Å². The Balaban J connectivity index is 1.91. The normalized spacial score (nSPS) is 18.1. The highest BCUT2D eigenvalue weighted by molar-refractivity contribution is 6.33. The van der Waals surface area contributed by atoms with Crippen molar-refractivity contribution in [2.75, 3.05) is 32.1 Å². The van der Waals surface area contributed by atoms with E-state index in [0.717, 1.165) is 38.0 Å². The molecule has 1 aromatic heterocycles. The van der Waals surface area contributed by atoms with Gasteiger partial charge in [0.05, 0.1) is 17.8 Å². The third kappa shape index (κ3) is 4.91. The summed E-state index contributed by atoms with van der Waals surface area (Å²) in [4.78, 5) is 7.09. The van der Waals surface area contributed by atoms with Crippen LogP contribution in [0.3, 0.4) is 0 Å². The van der Waals surface area contributed by atoms with Crippen LogP contribution in [0.1, 0.15) is 32.4 Å². The first-order valence-electron chi connectivity index (χ1n) is 9.51. The molecule has 1 aliphatic rings. The summed E-state index contributed by atoms with van der Waals surface area (Å²) in [6.07, 6.45) is 4.04. The summed E-state index contributed by atoms with van der Waals surface area (Å²) in [6, 6.07) is 5.74. The molecule has 28 heavy (non-hydrogen) atoms. The van der Waals surface area contributed by atoms with Crippen LogP contribution < -0.4 is 15.8 Å². The summed E-state index contributed by atoms with van der Waals surface area (Å²) in [5.41, 5.74) is 8.50. The number of allylic oxidation sites excluding steroid dienone is 1. The van der Waals surface area contributed by atoms with Crippen molar-refractivity contribution in [3.63, 3.8) is 0 Å². The van der Waals surface area contributed by atoms with Gasteiger partial charge in [-0.25, -0.2) is 4.98 Å². The molecule has 0 amide bonds. The van der Waals surface area contributed by atoms with Gasteiger partial charge in [-0.2, -0.15) is 0 Å². The number of aromatic nitrogens is 3. The van der Waals surface area contributed by atoms with Crippen LogP contribution in [0.15, 0.2) is 23.9 Å². The molecule has 2 aromatic rings. The summed E-state index contributed by atoms with van der Waals surface area (Å²) in [6.45, 7) is 7.16. The molecule has 0 aliphatic carbocycles. The molecule has 0 radical (unpaired) electrons. The predicted octanol–water partition coefficient (Wildman–Crippen LogP) is 3.42. The number of hydrogen-bond donors (Lipinski definition) is 2. The average Bonchev–Trinajstić information content (AvgIpc) is 2.68. The summed E-state index contributed by atoms with van der Waals surface area (Å²) in [5, 5.41) is 12.7. The third-order valence-corrected chi connectivity index (χ3v) is 5.11. The Morgan fingerprint density at radius 1 is 1.43 bits per heavy atom. The number of hydrogen-bond acceptors (Lipinski definition) is 7. The lowest BCUT2D eigenvalue weighted by molar-refractivity contribution is 0.226. The van der Waals surface area contributed by atoms with Gasteiger partial charge in [0.25, 0.3) is 0 Å². The quantitative estimate of drug-likeness (QED) is 0.765. The first-order chi connectivity index (χ1) is 13.5. The van der Waals surface area contributed by atoms with Crippen molar-refractivity contribution in [3.05, 3.63) is 34.6 Å². The zero-order chi connectivity index (χ0) is 20.1. The summed E-state index contributed by atoms with van der Waals surface area (Å²) < 4.78 is 5.22. The van der Waals surface area contributed by atoms with Crippen LogP contribution in [0.25, 0.3) is 17.3 Å². The number of nitrogens with zero attached hydrogens (tertiary/aromatic N) is 4. The Hall–Kier alpha value is -2.38. The number of anilines is 1. The standard InChI is InChI=1S/C20H27ClN6O/c1-4-27-9-5-6-14(12-27)23-20-24-18(10-13(2)22)19(25-26-20)16-8-7-15(28-3)11-17(16)21/h7-8,10-11,14H,4-6,9,12,22H2,1-3H3,(H,23,24,26). The second-order valence-corrected chi connectivity index (χ2v) is 7.39. The lowest BCUT2D eigenvalue weighted by atomic mass is 10.1. The molecule has 1 unspecified atom stereocenters. The highest BCUT2D eigenvalue weighted by atomic mass is 35.5. The van der Waals surface area contributed by atoms with E-state index in [2.05, 4.69) is 32.3 Å². The minimum Gasteiger partial charge on any atom is -0.497 e. The van der Waals surface area contributed by atoms with Crippen LogP contribution in [0.2, 0.25) is 5.02 Å². The molecule has 1 saturated heterocycles. The van der Waals surface area contributed by atoms with E-state index < -0.39 is 0 Å². The van der Waals surface area contributed by atoms with Crippen molar-refractivity contribution in [2.24, 2.45) is 5.73 Å². The lowest BCUT2D eigenvalue weighted by Gasteiger charge is -2.32. The first kappa shape index (κ1) is 20.4. The zero-order valence-electron chi connectivity index (χ0n) is 16.6. The second kappa shape index (κ2) is 9.21. The highest BCUT2D eigenvalue weighted by Gasteiger charge is 2.20. The SMILES string of the molecule is CCN1CCCC(Nc2nnc(-c3ccc(OC)cc3Cl)c(C=C(C)N)n2)C1. The van der Waals surface area contributed by atoms with Gasteiger partial charge in [-0.1, -0.05) is 18.5 Å². The van der Waals surface area contributed by atoms with Gasteiger partial charge in [0.15, 0.2) is 0 Å².